The molecule has 0 aliphatic carbocycles. The van der Waals surface area contributed by atoms with Crippen LogP contribution in [0.15, 0.2) is 78.9 Å². The molecule has 0 bridgehead atoms. The number of rotatable bonds is 5. The molecule has 35 heavy (non-hydrogen) atoms. The summed E-state index contributed by atoms with van der Waals surface area (Å²) in [4.78, 5) is 32.5. The Morgan fingerprint density at radius 2 is 1.43 bits per heavy atom. The van der Waals surface area contributed by atoms with Crippen LogP contribution in [0.5, 0.6) is 0 Å². The number of likely N-dealkylation sites (tertiary alicyclic amines) is 1. The van der Waals surface area contributed by atoms with Crippen molar-refractivity contribution in [3.05, 3.63) is 95.0 Å². The van der Waals surface area contributed by atoms with Crippen LogP contribution in [-0.4, -0.2) is 71.8 Å². The molecule has 2 heterocycles. The zero-order chi connectivity index (χ0) is 24.2. The van der Waals surface area contributed by atoms with Gasteiger partial charge in [0.25, 0.3) is 11.8 Å². The molecule has 0 radical (unpaired) electrons. The Kier molecular flexibility index (Phi) is 7.02. The molecule has 3 aromatic rings. The first-order chi connectivity index (χ1) is 17.1. The Bertz CT molecular complexity index is 1180. The van der Waals surface area contributed by atoms with E-state index in [2.05, 4.69) is 10.2 Å². The molecule has 0 spiro atoms. The molecule has 2 aliphatic rings. The molecular formula is C28H29ClN4O2. The first-order valence-electron chi connectivity index (χ1n) is 12.1. The summed E-state index contributed by atoms with van der Waals surface area (Å²) < 4.78 is 0. The van der Waals surface area contributed by atoms with Crippen molar-refractivity contribution in [2.24, 2.45) is 0 Å². The van der Waals surface area contributed by atoms with Crippen LogP contribution < -0.4 is 5.32 Å². The highest BCUT2D eigenvalue weighted by atomic mass is 35.5. The number of para-hydroxylation sites is 2. The van der Waals surface area contributed by atoms with E-state index in [1.54, 1.807) is 24.3 Å². The summed E-state index contributed by atoms with van der Waals surface area (Å²) in [6.45, 7) is 4.47. The third kappa shape index (κ3) is 5.34. The monoisotopic (exact) mass is 488 g/mol. The fourth-order valence-electron chi connectivity index (χ4n) is 4.92. The second-order valence-electron chi connectivity index (χ2n) is 9.07. The van der Waals surface area contributed by atoms with Gasteiger partial charge >= 0.3 is 0 Å². The topological polar surface area (TPSA) is 55.9 Å². The second kappa shape index (κ2) is 10.5. The van der Waals surface area contributed by atoms with Crippen LogP contribution >= 0.6 is 11.6 Å². The van der Waals surface area contributed by atoms with Gasteiger partial charge in [-0.2, -0.15) is 0 Å². The normalized spacial score (nSPS) is 18.5. The number of carbonyl (C=O) groups excluding carboxylic acids is 2. The SMILES string of the molecule is O=C(c1ccc(Cl)cc1)N1CCN([C@H]2CCN(C(=O)c3ccccc3Nc3ccccc3)C2)CC1. The van der Waals surface area contributed by atoms with Crippen molar-refractivity contribution in [2.45, 2.75) is 12.5 Å². The summed E-state index contributed by atoms with van der Waals surface area (Å²) in [5.74, 6) is 0.107. The molecule has 2 amide bonds. The van der Waals surface area contributed by atoms with Gasteiger partial charge in [0.15, 0.2) is 0 Å². The first kappa shape index (κ1) is 23.4. The molecule has 180 valence electrons. The predicted molar refractivity (Wildman–Crippen MR) is 139 cm³/mol. The zero-order valence-electron chi connectivity index (χ0n) is 19.6. The maximum atomic E-state index is 13.4. The van der Waals surface area contributed by atoms with E-state index in [0.29, 0.717) is 41.8 Å². The maximum absolute atomic E-state index is 13.4. The van der Waals surface area contributed by atoms with Crippen molar-refractivity contribution < 1.29 is 9.59 Å². The number of piperazine rings is 1. The van der Waals surface area contributed by atoms with E-state index in [0.717, 1.165) is 37.4 Å². The smallest absolute Gasteiger partial charge is 0.256 e. The van der Waals surface area contributed by atoms with Gasteiger partial charge < -0.3 is 15.1 Å². The Labute approximate surface area is 211 Å². The number of nitrogens with zero attached hydrogens (tertiary/aromatic N) is 3. The van der Waals surface area contributed by atoms with Gasteiger partial charge in [-0.05, 0) is 55.0 Å². The minimum atomic E-state index is 0.0482. The number of hydrogen-bond acceptors (Lipinski definition) is 4. The number of amides is 2. The first-order valence-corrected chi connectivity index (χ1v) is 12.5. The molecule has 0 saturated carbocycles. The van der Waals surface area contributed by atoms with Crippen LogP contribution in [0.3, 0.4) is 0 Å². The molecule has 2 saturated heterocycles. The van der Waals surface area contributed by atoms with Crippen molar-refractivity contribution in [3.8, 4) is 0 Å². The Hall–Kier alpha value is -3.35. The maximum Gasteiger partial charge on any atom is 0.256 e. The van der Waals surface area contributed by atoms with Crippen LogP contribution in [0.1, 0.15) is 27.1 Å². The Balaban J connectivity index is 1.18. The van der Waals surface area contributed by atoms with E-state index in [-0.39, 0.29) is 11.8 Å². The highest BCUT2D eigenvalue weighted by Gasteiger charge is 2.34. The quantitative estimate of drug-likeness (QED) is 0.562. The fraction of sp³-hybridized carbons (Fsp3) is 0.286. The average molecular weight is 489 g/mol. The van der Waals surface area contributed by atoms with Crippen molar-refractivity contribution in [3.63, 3.8) is 0 Å². The lowest BCUT2D eigenvalue weighted by Crippen LogP contribution is -2.52. The lowest BCUT2D eigenvalue weighted by Gasteiger charge is -2.38. The van der Waals surface area contributed by atoms with E-state index in [4.69, 9.17) is 11.6 Å². The largest absolute Gasteiger partial charge is 0.355 e. The standard InChI is InChI=1S/C28H29ClN4O2/c29-22-12-10-21(11-13-22)27(34)32-18-16-31(17-19-32)24-14-15-33(20-24)28(35)25-8-4-5-9-26(25)30-23-6-2-1-3-7-23/h1-13,24,30H,14-20H2/t24-/m0/s1. The summed E-state index contributed by atoms with van der Waals surface area (Å²) in [5.41, 5.74) is 3.14. The fourth-order valence-corrected chi connectivity index (χ4v) is 5.04. The summed E-state index contributed by atoms with van der Waals surface area (Å²) in [6.07, 6.45) is 0.950. The second-order valence-corrected chi connectivity index (χ2v) is 9.50. The predicted octanol–water partition coefficient (Wildman–Crippen LogP) is 4.76. The Morgan fingerprint density at radius 3 is 2.17 bits per heavy atom. The third-order valence-corrected chi connectivity index (χ3v) is 7.12. The van der Waals surface area contributed by atoms with Crippen molar-refractivity contribution in [1.82, 2.24) is 14.7 Å². The molecule has 7 heteroatoms. The zero-order valence-corrected chi connectivity index (χ0v) is 20.3. The van der Waals surface area contributed by atoms with E-state index < -0.39 is 0 Å². The van der Waals surface area contributed by atoms with Gasteiger partial charge in [0.2, 0.25) is 0 Å². The summed E-state index contributed by atoms with van der Waals surface area (Å²) >= 11 is 5.95. The van der Waals surface area contributed by atoms with Gasteiger partial charge in [-0.15, -0.1) is 0 Å². The highest BCUT2D eigenvalue weighted by molar-refractivity contribution is 6.30. The van der Waals surface area contributed by atoms with Crippen LogP contribution in [-0.2, 0) is 0 Å². The molecule has 2 fully saturated rings. The van der Waals surface area contributed by atoms with Crippen molar-refractivity contribution in [2.75, 3.05) is 44.6 Å². The highest BCUT2D eigenvalue weighted by Crippen LogP contribution is 2.25. The summed E-state index contributed by atoms with van der Waals surface area (Å²) in [7, 11) is 0. The van der Waals surface area contributed by atoms with Gasteiger partial charge in [0, 0.05) is 61.6 Å². The van der Waals surface area contributed by atoms with Gasteiger partial charge in [-0.25, -0.2) is 0 Å². The number of hydrogen-bond donors (Lipinski definition) is 1. The van der Waals surface area contributed by atoms with E-state index in [1.807, 2.05) is 64.4 Å². The molecule has 2 aliphatic heterocycles. The lowest BCUT2D eigenvalue weighted by atomic mass is 10.1. The average Bonchev–Trinajstić information content (AvgIpc) is 3.40. The van der Waals surface area contributed by atoms with Gasteiger partial charge in [-0.3, -0.25) is 14.5 Å². The minimum Gasteiger partial charge on any atom is -0.355 e. The molecule has 1 atom stereocenters. The molecule has 6 nitrogen and oxygen atoms in total. The minimum absolute atomic E-state index is 0.0482. The van der Waals surface area contributed by atoms with Crippen LogP contribution in [0.2, 0.25) is 5.02 Å². The molecule has 0 unspecified atom stereocenters. The van der Waals surface area contributed by atoms with E-state index in [1.165, 1.54) is 0 Å². The Morgan fingerprint density at radius 1 is 0.743 bits per heavy atom. The number of halogens is 1. The van der Waals surface area contributed by atoms with Gasteiger partial charge in [0.05, 0.1) is 11.3 Å². The number of nitrogens with one attached hydrogen (secondary N) is 1. The molecule has 1 N–H and O–H groups in total. The molecule has 3 aromatic carbocycles. The van der Waals surface area contributed by atoms with Crippen molar-refractivity contribution in [1.29, 1.82) is 0 Å². The lowest BCUT2D eigenvalue weighted by molar-refractivity contribution is 0.0568. The van der Waals surface area contributed by atoms with Crippen LogP contribution in [0.4, 0.5) is 11.4 Å². The molecule has 5 rings (SSSR count). The van der Waals surface area contributed by atoms with Crippen molar-refractivity contribution >= 4 is 34.8 Å². The van der Waals surface area contributed by atoms with Crippen LogP contribution in [0, 0.1) is 0 Å². The van der Waals surface area contributed by atoms with E-state index >= 15 is 0 Å². The van der Waals surface area contributed by atoms with Gasteiger partial charge in [0.1, 0.15) is 0 Å². The van der Waals surface area contributed by atoms with Gasteiger partial charge in [-0.1, -0.05) is 41.9 Å². The third-order valence-electron chi connectivity index (χ3n) is 6.87. The summed E-state index contributed by atoms with van der Waals surface area (Å²) in [5, 5.41) is 4.01. The number of benzene rings is 3. The number of carbonyl (C=O) groups is 2. The molecule has 0 aromatic heterocycles. The molecular weight excluding hydrogens is 460 g/mol. The van der Waals surface area contributed by atoms with E-state index in [9.17, 15) is 9.59 Å². The number of anilines is 2. The van der Waals surface area contributed by atoms with Crippen LogP contribution in [0.25, 0.3) is 0 Å². The summed E-state index contributed by atoms with van der Waals surface area (Å²) in [6, 6.07) is 25.0.